The Hall–Kier alpha value is -3.71. The second-order valence-electron chi connectivity index (χ2n) is 6.73. The summed E-state index contributed by atoms with van der Waals surface area (Å²) < 4.78 is 16.1. The van der Waals surface area contributed by atoms with E-state index in [1.807, 2.05) is 0 Å². The van der Waals surface area contributed by atoms with Crippen LogP contribution in [0.2, 0.25) is 5.02 Å². The Morgan fingerprint density at radius 2 is 1.87 bits per heavy atom. The zero-order valence-corrected chi connectivity index (χ0v) is 17.4. The van der Waals surface area contributed by atoms with E-state index in [1.54, 1.807) is 54.6 Å². The van der Waals surface area contributed by atoms with Crippen molar-refractivity contribution in [2.45, 2.75) is 6.04 Å². The number of nitrogens with zero attached hydrogens (tertiary/aromatic N) is 1. The van der Waals surface area contributed by atoms with E-state index in [0.29, 0.717) is 22.2 Å². The first-order chi connectivity index (χ1) is 15.0. The van der Waals surface area contributed by atoms with Crippen LogP contribution in [0, 0.1) is 0 Å². The Balaban J connectivity index is 1.94. The van der Waals surface area contributed by atoms with E-state index in [9.17, 15) is 14.7 Å². The van der Waals surface area contributed by atoms with E-state index in [-0.39, 0.29) is 22.6 Å². The molecule has 0 saturated carbocycles. The number of halogens is 1. The minimum absolute atomic E-state index is 0.122. The minimum Gasteiger partial charge on any atom is -0.507 e. The van der Waals surface area contributed by atoms with E-state index < -0.39 is 17.7 Å². The number of methoxy groups -OCH3 is 2. The van der Waals surface area contributed by atoms with Gasteiger partial charge in [-0.25, -0.2) is 0 Å². The lowest BCUT2D eigenvalue weighted by Crippen LogP contribution is -2.29. The van der Waals surface area contributed by atoms with Crippen LogP contribution in [-0.2, 0) is 9.59 Å². The average molecular weight is 440 g/mol. The van der Waals surface area contributed by atoms with E-state index in [1.165, 1.54) is 25.4 Å². The van der Waals surface area contributed by atoms with Crippen molar-refractivity contribution in [3.8, 4) is 11.5 Å². The fourth-order valence-corrected chi connectivity index (χ4v) is 3.76. The van der Waals surface area contributed by atoms with Crippen LogP contribution in [0.4, 0.5) is 5.69 Å². The molecule has 2 heterocycles. The zero-order valence-electron chi connectivity index (χ0n) is 16.7. The number of carbonyl (C=O) groups excluding carboxylic acids is 2. The van der Waals surface area contributed by atoms with Gasteiger partial charge in [0.15, 0.2) is 0 Å². The van der Waals surface area contributed by atoms with Gasteiger partial charge in [0.2, 0.25) is 0 Å². The molecule has 1 aromatic heterocycles. The van der Waals surface area contributed by atoms with E-state index in [0.717, 1.165) is 0 Å². The van der Waals surface area contributed by atoms with Gasteiger partial charge in [0.25, 0.3) is 11.7 Å². The fourth-order valence-electron chi connectivity index (χ4n) is 3.58. The fraction of sp³-hybridized carbons (Fsp3) is 0.130. The maximum atomic E-state index is 13.1. The van der Waals surface area contributed by atoms with Gasteiger partial charge in [0.05, 0.1) is 31.6 Å². The molecule has 1 N–H and O–H groups in total. The summed E-state index contributed by atoms with van der Waals surface area (Å²) in [4.78, 5) is 27.3. The van der Waals surface area contributed by atoms with Gasteiger partial charge in [-0.15, -0.1) is 0 Å². The molecule has 0 bridgehead atoms. The number of anilines is 1. The molecular formula is C23H18ClNO6. The summed E-state index contributed by atoms with van der Waals surface area (Å²) in [6.45, 7) is 0. The van der Waals surface area contributed by atoms with Gasteiger partial charge in [-0.2, -0.15) is 0 Å². The first kappa shape index (κ1) is 20.6. The monoisotopic (exact) mass is 439 g/mol. The minimum atomic E-state index is -0.986. The number of carbonyl (C=O) groups is 2. The standard InChI is InChI=1S/C23H18ClNO6/c1-29-15-8-9-16(18(12-15)30-2)21(26)19-20(17-7-4-10-31-17)25(23(28)22(19)27)14-6-3-5-13(24)11-14/h3-12,20,26H,1-2H3/b21-19-. The van der Waals surface area contributed by atoms with Gasteiger partial charge < -0.3 is 19.0 Å². The molecule has 4 rings (SSSR count). The molecule has 1 aliphatic heterocycles. The van der Waals surface area contributed by atoms with Gasteiger partial charge in [0.1, 0.15) is 29.1 Å². The van der Waals surface area contributed by atoms with Crippen molar-refractivity contribution >= 4 is 34.7 Å². The van der Waals surface area contributed by atoms with Crippen molar-refractivity contribution in [2.75, 3.05) is 19.1 Å². The van der Waals surface area contributed by atoms with Crippen LogP contribution >= 0.6 is 11.6 Å². The van der Waals surface area contributed by atoms with Crippen molar-refractivity contribution in [1.82, 2.24) is 0 Å². The molecule has 0 aliphatic carbocycles. The summed E-state index contributed by atoms with van der Waals surface area (Å²) in [5.74, 6) is -0.939. The third kappa shape index (κ3) is 3.53. The molecule has 0 spiro atoms. The first-order valence-corrected chi connectivity index (χ1v) is 9.66. The number of hydrogen-bond donors (Lipinski definition) is 1. The summed E-state index contributed by atoms with van der Waals surface area (Å²) in [5.41, 5.74) is 0.518. The SMILES string of the molecule is COc1ccc(/C(O)=C2/C(=O)C(=O)N(c3cccc(Cl)c3)C2c2ccco2)c(OC)c1. The van der Waals surface area contributed by atoms with Crippen molar-refractivity contribution < 1.29 is 28.6 Å². The number of ketones is 1. The maximum absolute atomic E-state index is 13.1. The zero-order chi connectivity index (χ0) is 22.1. The lowest BCUT2D eigenvalue weighted by molar-refractivity contribution is -0.132. The highest BCUT2D eigenvalue weighted by Gasteiger charge is 2.48. The van der Waals surface area contributed by atoms with Gasteiger partial charge >= 0.3 is 0 Å². The van der Waals surface area contributed by atoms with E-state index in [2.05, 4.69) is 0 Å². The van der Waals surface area contributed by atoms with Gasteiger partial charge in [-0.1, -0.05) is 17.7 Å². The molecule has 31 heavy (non-hydrogen) atoms. The van der Waals surface area contributed by atoms with Crippen LogP contribution in [-0.4, -0.2) is 31.0 Å². The largest absolute Gasteiger partial charge is 0.507 e. The molecule has 2 aromatic carbocycles. The summed E-state index contributed by atoms with van der Waals surface area (Å²) in [7, 11) is 2.93. The molecule has 3 aromatic rings. The van der Waals surface area contributed by atoms with Crippen molar-refractivity contribution in [3.05, 3.63) is 82.8 Å². The Bertz CT molecular complexity index is 1180. The van der Waals surface area contributed by atoms with Crippen molar-refractivity contribution in [3.63, 3.8) is 0 Å². The highest BCUT2D eigenvalue weighted by molar-refractivity contribution is 6.51. The van der Waals surface area contributed by atoms with Gasteiger partial charge in [0, 0.05) is 16.8 Å². The molecular weight excluding hydrogens is 422 g/mol. The molecule has 1 aliphatic rings. The predicted molar refractivity (Wildman–Crippen MR) is 114 cm³/mol. The van der Waals surface area contributed by atoms with Crippen LogP contribution < -0.4 is 14.4 Å². The smallest absolute Gasteiger partial charge is 0.300 e. The number of aliphatic hydroxyl groups excluding tert-OH is 1. The molecule has 1 amide bonds. The van der Waals surface area contributed by atoms with Crippen LogP contribution in [0.3, 0.4) is 0 Å². The number of ether oxygens (including phenoxy) is 2. The average Bonchev–Trinajstić information content (AvgIpc) is 3.40. The first-order valence-electron chi connectivity index (χ1n) is 9.28. The molecule has 1 fully saturated rings. The van der Waals surface area contributed by atoms with Gasteiger partial charge in [-0.3, -0.25) is 14.5 Å². The number of aliphatic hydroxyl groups is 1. The molecule has 0 radical (unpaired) electrons. The normalized spacial score (nSPS) is 17.8. The lowest BCUT2D eigenvalue weighted by atomic mass is 9.98. The second-order valence-corrected chi connectivity index (χ2v) is 7.17. The number of hydrogen-bond acceptors (Lipinski definition) is 6. The summed E-state index contributed by atoms with van der Waals surface area (Å²) in [6, 6.07) is 13.6. The number of Topliss-reactive ketones (excluding diaryl/α,β-unsaturated/α-hetero) is 1. The highest BCUT2D eigenvalue weighted by atomic mass is 35.5. The van der Waals surface area contributed by atoms with Gasteiger partial charge in [-0.05, 0) is 42.5 Å². The maximum Gasteiger partial charge on any atom is 0.300 e. The molecule has 1 unspecified atom stereocenters. The predicted octanol–water partition coefficient (Wildman–Crippen LogP) is 4.58. The Morgan fingerprint density at radius 1 is 1.06 bits per heavy atom. The Labute approximate surface area is 183 Å². The third-order valence-electron chi connectivity index (χ3n) is 5.01. The topological polar surface area (TPSA) is 89.2 Å². The van der Waals surface area contributed by atoms with Crippen LogP contribution in [0.1, 0.15) is 17.4 Å². The quantitative estimate of drug-likeness (QED) is 0.355. The lowest BCUT2D eigenvalue weighted by Gasteiger charge is -2.23. The molecule has 1 atom stereocenters. The third-order valence-corrected chi connectivity index (χ3v) is 5.24. The Morgan fingerprint density at radius 3 is 2.52 bits per heavy atom. The number of furan rings is 1. The van der Waals surface area contributed by atoms with E-state index in [4.69, 9.17) is 25.5 Å². The van der Waals surface area contributed by atoms with Crippen molar-refractivity contribution in [2.24, 2.45) is 0 Å². The number of amides is 1. The number of rotatable bonds is 5. The summed E-state index contributed by atoms with van der Waals surface area (Å²) in [6.07, 6.45) is 1.43. The molecule has 8 heteroatoms. The van der Waals surface area contributed by atoms with Crippen molar-refractivity contribution in [1.29, 1.82) is 0 Å². The molecule has 1 saturated heterocycles. The van der Waals surface area contributed by atoms with Crippen LogP contribution in [0.15, 0.2) is 70.9 Å². The highest BCUT2D eigenvalue weighted by Crippen LogP contribution is 2.44. The number of benzene rings is 2. The second kappa shape index (κ2) is 8.20. The van der Waals surface area contributed by atoms with E-state index >= 15 is 0 Å². The summed E-state index contributed by atoms with van der Waals surface area (Å²) >= 11 is 6.11. The molecule has 158 valence electrons. The Kier molecular flexibility index (Phi) is 5.44. The summed E-state index contributed by atoms with van der Waals surface area (Å²) in [5, 5.41) is 11.6. The molecule has 7 nitrogen and oxygen atoms in total. The van der Waals surface area contributed by atoms with Crippen LogP contribution in [0.25, 0.3) is 5.76 Å². The van der Waals surface area contributed by atoms with Crippen LogP contribution in [0.5, 0.6) is 11.5 Å².